The topological polar surface area (TPSA) is 37.8 Å². The lowest BCUT2D eigenvalue weighted by atomic mass is 9.88. The number of aromatic nitrogens is 2. The van der Waals surface area contributed by atoms with Crippen LogP contribution in [0, 0.1) is 5.41 Å². The number of rotatable bonds is 2. The number of hydrogen-bond donors (Lipinski definition) is 1. The number of halogens is 3. The highest BCUT2D eigenvalue weighted by Crippen LogP contribution is 2.27. The minimum Gasteiger partial charge on any atom is -0.367 e. The van der Waals surface area contributed by atoms with Crippen LogP contribution in [-0.2, 0) is 6.18 Å². The predicted molar refractivity (Wildman–Crippen MR) is 59.6 cm³/mol. The van der Waals surface area contributed by atoms with Crippen LogP contribution in [0.1, 0.15) is 33.5 Å². The van der Waals surface area contributed by atoms with Crippen LogP contribution in [0.25, 0.3) is 0 Å². The summed E-state index contributed by atoms with van der Waals surface area (Å²) in [5, 5.41) is 2.94. The van der Waals surface area contributed by atoms with Crippen molar-refractivity contribution in [2.45, 2.75) is 39.9 Å². The van der Waals surface area contributed by atoms with Gasteiger partial charge in [0.25, 0.3) is 0 Å². The largest absolute Gasteiger partial charge is 0.451 e. The van der Waals surface area contributed by atoms with Crippen molar-refractivity contribution >= 4 is 5.82 Å². The second-order valence-electron chi connectivity index (χ2n) is 5.00. The predicted octanol–water partition coefficient (Wildman–Crippen LogP) is 3.34. The highest BCUT2D eigenvalue weighted by atomic mass is 19.4. The SMILES string of the molecule is CC(Nc1ccnc(C(F)(F)F)n1)C(C)(C)C. The number of hydrogen-bond acceptors (Lipinski definition) is 3. The van der Waals surface area contributed by atoms with Crippen molar-refractivity contribution in [1.82, 2.24) is 9.97 Å². The smallest absolute Gasteiger partial charge is 0.367 e. The fourth-order valence-electron chi connectivity index (χ4n) is 1.01. The average Bonchev–Trinajstić information content (AvgIpc) is 2.15. The Morgan fingerprint density at radius 3 is 2.29 bits per heavy atom. The summed E-state index contributed by atoms with van der Waals surface area (Å²) in [7, 11) is 0. The van der Waals surface area contributed by atoms with Crippen LogP contribution in [0.15, 0.2) is 12.3 Å². The Kier molecular flexibility index (Phi) is 3.64. The van der Waals surface area contributed by atoms with Gasteiger partial charge in [0.2, 0.25) is 5.82 Å². The van der Waals surface area contributed by atoms with Gasteiger partial charge in [-0.05, 0) is 18.4 Å². The molecule has 0 fully saturated rings. The van der Waals surface area contributed by atoms with Gasteiger partial charge in [-0.2, -0.15) is 13.2 Å². The molecule has 17 heavy (non-hydrogen) atoms. The molecule has 1 atom stereocenters. The molecule has 96 valence electrons. The third kappa shape index (κ3) is 3.87. The Hall–Kier alpha value is -1.33. The first-order valence-electron chi connectivity index (χ1n) is 5.27. The number of alkyl halides is 3. The Labute approximate surface area is 98.5 Å². The van der Waals surface area contributed by atoms with Gasteiger partial charge in [-0.25, -0.2) is 9.97 Å². The number of nitrogens with zero attached hydrogens (tertiary/aromatic N) is 2. The molecule has 1 heterocycles. The fourth-order valence-corrected chi connectivity index (χ4v) is 1.01. The first-order chi connectivity index (χ1) is 7.60. The van der Waals surface area contributed by atoms with Gasteiger partial charge in [-0.1, -0.05) is 20.8 Å². The molecule has 0 radical (unpaired) electrons. The lowest BCUT2D eigenvalue weighted by Gasteiger charge is -2.28. The van der Waals surface area contributed by atoms with Crippen molar-refractivity contribution in [3.8, 4) is 0 Å². The lowest BCUT2D eigenvalue weighted by Crippen LogP contribution is -2.31. The van der Waals surface area contributed by atoms with E-state index in [0.29, 0.717) is 0 Å². The van der Waals surface area contributed by atoms with E-state index in [0.717, 1.165) is 6.20 Å². The molecule has 0 aliphatic carbocycles. The lowest BCUT2D eigenvalue weighted by molar-refractivity contribution is -0.144. The molecule has 1 aromatic rings. The number of nitrogens with one attached hydrogen (secondary N) is 1. The zero-order valence-electron chi connectivity index (χ0n) is 10.3. The third-order valence-electron chi connectivity index (χ3n) is 2.57. The maximum atomic E-state index is 12.4. The molecule has 1 unspecified atom stereocenters. The van der Waals surface area contributed by atoms with E-state index in [2.05, 4.69) is 15.3 Å². The molecule has 1 aromatic heterocycles. The summed E-state index contributed by atoms with van der Waals surface area (Å²) in [6.07, 6.45) is -3.41. The van der Waals surface area contributed by atoms with Crippen LogP contribution < -0.4 is 5.32 Å². The second kappa shape index (κ2) is 4.50. The molecule has 0 aromatic carbocycles. The summed E-state index contributed by atoms with van der Waals surface area (Å²) in [6, 6.07) is 1.43. The summed E-state index contributed by atoms with van der Waals surface area (Å²) in [4.78, 5) is 6.65. The van der Waals surface area contributed by atoms with E-state index in [4.69, 9.17) is 0 Å². The van der Waals surface area contributed by atoms with E-state index < -0.39 is 12.0 Å². The molecule has 3 nitrogen and oxygen atoms in total. The summed E-state index contributed by atoms with van der Waals surface area (Å²) >= 11 is 0. The van der Waals surface area contributed by atoms with E-state index >= 15 is 0 Å². The van der Waals surface area contributed by atoms with Crippen molar-refractivity contribution < 1.29 is 13.2 Å². The van der Waals surface area contributed by atoms with Crippen LogP contribution in [0.2, 0.25) is 0 Å². The van der Waals surface area contributed by atoms with Gasteiger partial charge in [0.05, 0.1) is 0 Å². The number of anilines is 1. The third-order valence-corrected chi connectivity index (χ3v) is 2.57. The zero-order chi connectivity index (χ0) is 13.3. The molecule has 0 saturated carbocycles. The maximum Gasteiger partial charge on any atom is 0.451 e. The zero-order valence-corrected chi connectivity index (χ0v) is 10.3. The minimum absolute atomic E-state index is 0.00140. The molecule has 0 spiro atoms. The molecule has 0 aliphatic rings. The van der Waals surface area contributed by atoms with Gasteiger partial charge in [0.1, 0.15) is 5.82 Å². The first-order valence-corrected chi connectivity index (χ1v) is 5.27. The van der Waals surface area contributed by atoms with Crippen molar-refractivity contribution in [3.63, 3.8) is 0 Å². The Balaban J connectivity index is 2.87. The van der Waals surface area contributed by atoms with Crippen LogP contribution in [-0.4, -0.2) is 16.0 Å². The molecule has 0 amide bonds. The van der Waals surface area contributed by atoms with E-state index in [9.17, 15) is 13.2 Å². The van der Waals surface area contributed by atoms with Crippen LogP contribution >= 0.6 is 0 Å². The van der Waals surface area contributed by atoms with Gasteiger partial charge in [0.15, 0.2) is 0 Å². The molecule has 0 bridgehead atoms. The normalized spacial score (nSPS) is 14.5. The summed E-state index contributed by atoms with van der Waals surface area (Å²) in [5.41, 5.74) is -0.0661. The second-order valence-corrected chi connectivity index (χ2v) is 5.00. The van der Waals surface area contributed by atoms with Crippen molar-refractivity contribution in [1.29, 1.82) is 0 Å². The molecule has 0 saturated heterocycles. The van der Waals surface area contributed by atoms with Crippen molar-refractivity contribution in [3.05, 3.63) is 18.1 Å². The van der Waals surface area contributed by atoms with Gasteiger partial charge in [-0.15, -0.1) is 0 Å². The van der Waals surface area contributed by atoms with Gasteiger partial charge >= 0.3 is 6.18 Å². The van der Waals surface area contributed by atoms with Crippen LogP contribution in [0.4, 0.5) is 19.0 Å². The highest BCUT2D eigenvalue weighted by molar-refractivity contribution is 5.34. The van der Waals surface area contributed by atoms with E-state index in [1.54, 1.807) is 0 Å². The van der Waals surface area contributed by atoms with E-state index in [1.807, 2.05) is 27.7 Å². The average molecular weight is 247 g/mol. The molecular formula is C11H16F3N3. The Morgan fingerprint density at radius 2 is 1.82 bits per heavy atom. The molecule has 0 aliphatic heterocycles. The summed E-state index contributed by atoms with van der Waals surface area (Å²) < 4.78 is 37.2. The van der Waals surface area contributed by atoms with Crippen LogP contribution in [0.3, 0.4) is 0 Å². The fraction of sp³-hybridized carbons (Fsp3) is 0.636. The molecular weight excluding hydrogens is 231 g/mol. The molecule has 1 N–H and O–H groups in total. The minimum atomic E-state index is -4.51. The van der Waals surface area contributed by atoms with Crippen molar-refractivity contribution in [2.24, 2.45) is 5.41 Å². The van der Waals surface area contributed by atoms with Crippen LogP contribution in [0.5, 0.6) is 0 Å². The molecule has 6 heteroatoms. The van der Waals surface area contributed by atoms with E-state index in [-0.39, 0.29) is 17.3 Å². The monoisotopic (exact) mass is 247 g/mol. The quantitative estimate of drug-likeness (QED) is 0.871. The highest BCUT2D eigenvalue weighted by Gasteiger charge is 2.34. The maximum absolute atomic E-state index is 12.4. The van der Waals surface area contributed by atoms with Gasteiger partial charge in [-0.3, -0.25) is 0 Å². The standard InChI is InChI=1S/C11H16F3N3/c1-7(10(2,3)4)16-8-5-6-15-9(17-8)11(12,13)14/h5-7H,1-4H3,(H,15,16,17). The molecule has 1 rings (SSSR count). The Morgan fingerprint density at radius 1 is 1.24 bits per heavy atom. The Bertz CT molecular complexity index is 382. The summed E-state index contributed by atoms with van der Waals surface area (Å²) in [5.74, 6) is -0.932. The van der Waals surface area contributed by atoms with Crippen molar-refractivity contribution in [2.75, 3.05) is 5.32 Å². The van der Waals surface area contributed by atoms with E-state index in [1.165, 1.54) is 6.07 Å². The van der Waals surface area contributed by atoms with Gasteiger partial charge < -0.3 is 5.32 Å². The first kappa shape index (κ1) is 13.7. The summed E-state index contributed by atoms with van der Waals surface area (Å²) in [6.45, 7) is 7.89. The van der Waals surface area contributed by atoms with Gasteiger partial charge in [0, 0.05) is 12.2 Å².